The largest absolute Gasteiger partial charge is 0.508 e. The second-order valence-electron chi connectivity index (χ2n) is 17.4. The number of aliphatic hydroxyl groups is 6. The minimum Gasteiger partial charge on any atom is -0.508 e. The number of aliphatic hydroxyl groups excluding tert-OH is 5. The highest BCUT2D eigenvalue weighted by Gasteiger charge is 2.36. The molecule has 60 heavy (non-hydrogen) atoms. The third kappa shape index (κ3) is 15.4. The zero-order valence-electron chi connectivity index (χ0n) is 36.0. The molecule has 11 heteroatoms. The fourth-order valence-electron chi connectivity index (χ4n) is 8.98. The van der Waals surface area contributed by atoms with Crippen LogP contribution < -0.4 is 10.6 Å². The number of hydrogen-bond donors (Lipinski definition) is 10. The Kier molecular flexibility index (Phi) is 20.3. The van der Waals surface area contributed by atoms with E-state index in [2.05, 4.69) is 29.4 Å². The number of aliphatic carboxylic acids is 1. The number of carboxylic acids is 1. The Morgan fingerprint density at radius 3 is 2.53 bits per heavy atom. The van der Waals surface area contributed by atoms with Gasteiger partial charge in [0.1, 0.15) is 5.75 Å². The number of benzene rings is 2. The smallest absolute Gasteiger partial charge is 0.303 e. The first-order valence-electron chi connectivity index (χ1n) is 22.2. The number of phenolic OH excluding ortho intramolecular Hbond substituents is 1. The summed E-state index contributed by atoms with van der Waals surface area (Å²) in [5.74, 6) is 5.96. The van der Waals surface area contributed by atoms with Gasteiger partial charge in [0.15, 0.2) is 0 Å². The first-order valence-corrected chi connectivity index (χ1v) is 22.2. The fourth-order valence-corrected chi connectivity index (χ4v) is 8.98. The van der Waals surface area contributed by atoms with E-state index in [1.54, 1.807) is 31.2 Å². The van der Waals surface area contributed by atoms with Crippen LogP contribution in [0.15, 0.2) is 65.8 Å². The molecule has 0 saturated carbocycles. The lowest BCUT2D eigenvalue weighted by atomic mass is 9.82. The molecule has 11 nitrogen and oxygen atoms in total. The van der Waals surface area contributed by atoms with Gasteiger partial charge in [-0.1, -0.05) is 80.9 Å². The van der Waals surface area contributed by atoms with Crippen molar-refractivity contribution in [3.8, 4) is 17.6 Å². The van der Waals surface area contributed by atoms with Crippen molar-refractivity contribution in [1.82, 2.24) is 10.6 Å². The zero-order chi connectivity index (χ0) is 43.7. The SMILES string of the molecule is CCCC[C@H](O)[C@H](O)/C=C/C1=C(\C[C@H](O)CO)[C@H](CCC[C@@H]2N[C@@H](C)CCC[C@@H]2CC(=O)O)N[C@@H]([C@@](C)(O)Cc2ccc(O)cc2CCO)CC#Cc2ccccc2CC1. The van der Waals surface area contributed by atoms with Gasteiger partial charge >= 0.3 is 5.97 Å². The number of carboxylic acid groups (broad SMARTS) is 1. The van der Waals surface area contributed by atoms with E-state index in [0.717, 1.165) is 65.5 Å². The summed E-state index contributed by atoms with van der Waals surface area (Å²) in [5.41, 5.74) is 3.60. The monoisotopic (exact) mass is 833 g/mol. The summed E-state index contributed by atoms with van der Waals surface area (Å²) in [6.07, 6.45) is 9.06. The van der Waals surface area contributed by atoms with Gasteiger partial charge in [-0.05, 0) is 124 Å². The Morgan fingerprint density at radius 2 is 1.80 bits per heavy atom. The number of rotatable bonds is 20. The van der Waals surface area contributed by atoms with E-state index in [-0.39, 0.29) is 56.0 Å². The molecular formula is C49H72N2O9. The molecule has 0 spiro atoms. The van der Waals surface area contributed by atoms with E-state index in [1.807, 2.05) is 37.3 Å². The molecule has 10 N–H and O–H groups in total. The minimum atomic E-state index is -1.42. The van der Waals surface area contributed by atoms with Crippen molar-refractivity contribution >= 4 is 5.97 Å². The number of nitrogens with one attached hydrogen (secondary N) is 2. The van der Waals surface area contributed by atoms with Crippen molar-refractivity contribution in [2.24, 2.45) is 5.92 Å². The van der Waals surface area contributed by atoms with Crippen LogP contribution in [0.3, 0.4) is 0 Å². The van der Waals surface area contributed by atoms with Crippen molar-refractivity contribution in [3.05, 3.63) is 88.0 Å². The lowest BCUT2D eigenvalue weighted by Crippen LogP contribution is -2.54. The number of aryl methyl sites for hydroxylation is 1. The van der Waals surface area contributed by atoms with Gasteiger partial charge in [0.05, 0.1) is 30.5 Å². The summed E-state index contributed by atoms with van der Waals surface area (Å²) in [6, 6.07) is 12.0. The van der Waals surface area contributed by atoms with Crippen molar-refractivity contribution < 1.29 is 45.6 Å². The first kappa shape index (κ1) is 49.1. The van der Waals surface area contributed by atoms with Crippen molar-refractivity contribution in [2.75, 3.05) is 13.2 Å². The van der Waals surface area contributed by atoms with Gasteiger partial charge in [-0.2, -0.15) is 0 Å². The molecule has 2 aromatic rings. The molecule has 4 rings (SSSR count). The molecule has 2 aliphatic heterocycles. The third-order valence-corrected chi connectivity index (χ3v) is 12.4. The summed E-state index contributed by atoms with van der Waals surface area (Å²) < 4.78 is 0. The highest BCUT2D eigenvalue weighted by molar-refractivity contribution is 5.67. The number of aromatic hydroxyl groups is 1. The normalized spacial score (nSPS) is 25.4. The lowest BCUT2D eigenvalue weighted by Gasteiger charge is -2.38. The Hall–Kier alpha value is -3.57. The summed E-state index contributed by atoms with van der Waals surface area (Å²) in [6.45, 7) is 5.32. The van der Waals surface area contributed by atoms with Gasteiger partial charge in [-0.25, -0.2) is 0 Å². The van der Waals surface area contributed by atoms with Crippen molar-refractivity contribution in [3.63, 3.8) is 0 Å². The molecule has 0 aliphatic carbocycles. The van der Waals surface area contributed by atoms with Crippen LogP contribution in [-0.2, 0) is 24.1 Å². The van der Waals surface area contributed by atoms with Crippen LogP contribution in [-0.4, -0.2) is 108 Å². The maximum atomic E-state index is 12.6. The van der Waals surface area contributed by atoms with Crippen LogP contribution in [0.5, 0.6) is 5.75 Å². The van der Waals surface area contributed by atoms with Gasteiger partial charge in [0.25, 0.3) is 0 Å². The predicted molar refractivity (Wildman–Crippen MR) is 235 cm³/mol. The molecule has 9 atom stereocenters. The van der Waals surface area contributed by atoms with E-state index in [1.165, 1.54) is 0 Å². The second kappa shape index (κ2) is 24.8. The van der Waals surface area contributed by atoms with Crippen LogP contribution in [0.25, 0.3) is 0 Å². The molecule has 0 bridgehead atoms. The van der Waals surface area contributed by atoms with E-state index < -0.39 is 48.6 Å². The van der Waals surface area contributed by atoms with Crippen LogP contribution in [0.4, 0.5) is 0 Å². The predicted octanol–water partition coefficient (Wildman–Crippen LogP) is 5.24. The summed E-state index contributed by atoms with van der Waals surface area (Å²) in [7, 11) is 0. The Balaban J connectivity index is 1.86. The quantitative estimate of drug-likeness (QED) is 0.0783. The Bertz CT molecular complexity index is 1760. The van der Waals surface area contributed by atoms with Gasteiger partial charge in [0, 0.05) is 55.6 Å². The molecule has 2 aromatic carbocycles. The van der Waals surface area contributed by atoms with Gasteiger partial charge < -0.3 is 51.5 Å². The lowest BCUT2D eigenvalue weighted by molar-refractivity contribution is -0.138. The second-order valence-corrected chi connectivity index (χ2v) is 17.4. The molecule has 2 aliphatic rings. The van der Waals surface area contributed by atoms with Crippen LogP contribution in [0.1, 0.15) is 126 Å². The van der Waals surface area contributed by atoms with Crippen LogP contribution >= 0.6 is 0 Å². The first-order chi connectivity index (χ1) is 28.7. The number of phenols is 1. The molecule has 1 saturated heterocycles. The average molecular weight is 833 g/mol. The number of hydrogen-bond acceptors (Lipinski definition) is 10. The maximum absolute atomic E-state index is 12.6. The molecule has 1 fully saturated rings. The maximum Gasteiger partial charge on any atom is 0.303 e. The summed E-state index contributed by atoms with van der Waals surface area (Å²) in [5, 5.41) is 93.4. The molecular weight excluding hydrogens is 761 g/mol. The summed E-state index contributed by atoms with van der Waals surface area (Å²) >= 11 is 0. The highest BCUT2D eigenvalue weighted by Crippen LogP contribution is 2.32. The van der Waals surface area contributed by atoms with Gasteiger partial charge in [-0.15, -0.1) is 0 Å². The molecule has 332 valence electrons. The van der Waals surface area contributed by atoms with Crippen molar-refractivity contribution in [2.45, 2.75) is 172 Å². The van der Waals surface area contributed by atoms with Crippen molar-refractivity contribution in [1.29, 1.82) is 0 Å². The Morgan fingerprint density at radius 1 is 1.02 bits per heavy atom. The van der Waals surface area contributed by atoms with Gasteiger partial charge in [-0.3, -0.25) is 4.79 Å². The zero-order valence-corrected chi connectivity index (χ0v) is 36.0. The number of allylic oxidation sites excluding steroid dienone is 2. The number of carbonyl (C=O) groups is 1. The van der Waals surface area contributed by atoms with E-state index in [9.17, 15) is 45.6 Å². The van der Waals surface area contributed by atoms with Gasteiger partial charge in [0.2, 0.25) is 0 Å². The highest BCUT2D eigenvalue weighted by atomic mass is 16.4. The summed E-state index contributed by atoms with van der Waals surface area (Å²) in [4.78, 5) is 12.0. The topological polar surface area (TPSA) is 203 Å². The molecule has 0 radical (unpaired) electrons. The molecule has 2 heterocycles. The molecule has 0 amide bonds. The van der Waals surface area contributed by atoms with Crippen LogP contribution in [0.2, 0.25) is 0 Å². The molecule has 0 unspecified atom stereocenters. The standard InChI is InChI=1S/C49H72N2O9/c1-4-5-18-45(56)46(57)25-23-36-21-20-35-13-7-6-12-34(35)14-9-19-47(49(3,60)31-39-22-24-40(54)28-37(39)26-27-52)51-44(42(36)30-41(55)32-53)17-10-16-43-38(29-48(58)59)15-8-11-33(2)50-43/h6-7,12-13,22-25,28,33,38,41,43-47,50-57,60H,4-5,8,10-11,15-21,26-27,29-32H2,1-3H3,(H,58,59)/b25-23+,42-36+/t33-,38+,41-,43-,44-,45-,46+,47+,49-/m0/s1. The van der Waals surface area contributed by atoms with E-state index in [4.69, 9.17) is 0 Å². The van der Waals surface area contributed by atoms with E-state index in [0.29, 0.717) is 44.9 Å². The van der Waals surface area contributed by atoms with Crippen LogP contribution in [0, 0.1) is 17.8 Å². The minimum absolute atomic E-state index is 0.0138. The molecule has 0 aromatic heterocycles. The number of fused-ring (bicyclic) bond motifs is 1. The fraction of sp³-hybridized carbons (Fsp3) is 0.612. The Labute approximate surface area is 357 Å². The number of unbranched alkanes of at least 4 members (excludes halogenated alkanes) is 1. The average Bonchev–Trinajstić information content (AvgIpc) is 3.38. The third-order valence-electron chi connectivity index (χ3n) is 12.4. The van der Waals surface area contributed by atoms with E-state index >= 15 is 0 Å².